The Kier molecular flexibility index (Phi) is 2.56. The van der Waals surface area contributed by atoms with Gasteiger partial charge >= 0.3 is 0 Å². The van der Waals surface area contributed by atoms with Gasteiger partial charge in [-0.1, -0.05) is 24.3 Å². The maximum atomic E-state index is 6.40. The smallest absolute Gasteiger partial charge is 0.148 e. The summed E-state index contributed by atoms with van der Waals surface area (Å²) in [7, 11) is 0. The van der Waals surface area contributed by atoms with Crippen LogP contribution in [0.25, 0.3) is 27.0 Å². The zero-order valence-corrected chi connectivity index (χ0v) is 12.7. The van der Waals surface area contributed by atoms with E-state index in [4.69, 9.17) is 10.7 Å². The van der Waals surface area contributed by atoms with Crippen LogP contribution in [0.1, 0.15) is 11.3 Å². The molecule has 0 aliphatic heterocycles. The quantitative estimate of drug-likeness (QED) is 0.564. The van der Waals surface area contributed by atoms with E-state index in [9.17, 15) is 0 Å². The largest absolute Gasteiger partial charge is 0.383 e. The Bertz CT molecular complexity index is 978. The lowest BCUT2D eigenvalue weighted by Crippen LogP contribution is -1.98. The number of hydrogen-bond acceptors (Lipinski definition) is 3. The van der Waals surface area contributed by atoms with Crippen molar-refractivity contribution < 1.29 is 0 Å². The van der Waals surface area contributed by atoms with Crippen molar-refractivity contribution in [3.63, 3.8) is 0 Å². The molecule has 21 heavy (non-hydrogen) atoms. The Hall–Kier alpha value is -2.33. The van der Waals surface area contributed by atoms with Crippen LogP contribution in [0.4, 0.5) is 5.82 Å². The number of nitrogens with zero attached hydrogens (tertiary/aromatic N) is 2. The fourth-order valence-electron chi connectivity index (χ4n) is 2.88. The zero-order valence-electron chi connectivity index (χ0n) is 11.9. The Morgan fingerprint density at radius 3 is 2.76 bits per heavy atom. The maximum Gasteiger partial charge on any atom is 0.148 e. The maximum absolute atomic E-state index is 6.40. The first kappa shape index (κ1) is 12.4. The molecule has 3 aromatic heterocycles. The van der Waals surface area contributed by atoms with Crippen molar-refractivity contribution in [1.82, 2.24) is 9.38 Å². The molecule has 4 rings (SSSR count). The van der Waals surface area contributed by atoms with Gasteiger partial charge in [-0.15, -0.1) is 11.3 Å². The van der Waals surface area contributed by atoms with E-state index in [2.05, 4.69) is 47.9 Å². The fourth-order valence-corrected chi connectivity index (χ4v) is 3.76. The summed E-state index contributed by atoms with van der Waals surface area (Å²) in [6.45, 7) is 4.16. The van der Waals surface area contributed by atoms with Crippen LogP contribution in [-0.4, -0.2) is 9.38 Å². The molecule has 0 radical (unpaired) electrons. The highest BCUT2D eigenvalue weighted by atomic mass is 32.1. The summed E-state index contributed by atoms with van der Waals surface area (Å²) in [5, 5.41) is 3.26. The van der Waals surface area contributed by atoms with E-state index < -0.39 is 0 Å². The summed E-state index contributed by atoms with van der Waals surface area (Å²) < 4.78 is 3.30. The van der Waals surface area contributed by atoms with Gasteiger partial charge in [0.1, 0.15) is 17.2 Å². The van der Waals surface area contributed by atoms with Crippen LogP contribution in [0, 0.1) is 13.8 Å². The van der Waals surface area contributed by atoms with Gasteiger partial charge in [0.25, 0.3) is 0 Å². The molecule has 0 saturated carbocycles. The normalized spacial score (nSPS) is 11.5. The first-order valence-electron chi connectivity index (χ1n) is 6.87. The van der Waals surface area contributed by atoms with Gasteiger partial charge in [0, 0.05) is 21.3 Å². The van der Waals surface area contributed by atoms with E-state index in [1.54, 1.807) is 11.3 Å². The van der Waals surface area contributed by atoms with Gasteiger partial charge in [0.05, 0.1) is 0 Å². The number of aryl methyl sites for hydroxylation is 2. The molecule has 0 aliphatic carbocycles. The highest BCUT2D eigenvalue weighted by molar-refractivity contribution is 7.17. The molecule has 0 atom stereocenters. The SMILES string of the molecule is Cc1ccccc1-c1nc2c3ccsc3cc(C)n2c1N. The number of thiophene rings is 1. The fraction of sp³-hybridized carbons (Fsp3) is 0.118. The molecule has 0 amide bonds. The Morgan fingerprint density at radius 1 is 1.14 bits per heavy atom. The Morgan fingerprint density at radius 2 is 1.95 bits per heavy atom. The van der Waals surface area contributed by atoms with Gasteiger partial charge < -0.3 is 5.73 Å². The number of imidazole rings is 1. The molecule has 0 bridgehead atoms. The number of benzene rings is 1. The van der Waals surface area contributed by atoms with E-state index in [0.29, 0.717) is 5.82 Å². The first-order chi connectivity index (χ1) is 10.2. The molecule has 104 valence electrons. The summed E-state index contributed by atoms with van der Waals surface area (Å²) in [6, 6.07) is 12.5. The monoisotopic (exact) mass is 293 g/mol. The van der Waals surface area contributed by atoms with Gasteiger partial charge in [-0.25, -0.2) is 4.98 Å². The number of nitrogens with two attached hydrogens (primary N) is 1. The molecule has 2 N–H and O–H groups in total. The lowest BCUT2D eigenvalue weighted by Gasteiger charge is -2.05. The van der Waals surface area contributed by atoms with Crippen LogP contribution >= 0.6 is 11.3 Å². The van der Waals surface area contributed by atoms with Crippen molar-refractivity contribution in [2.45, 2.75) is 13.8 Å². The minimum atomic E-state index is 0.713. The predicted molar refractivity (Wildman–Crippen MR) is 89.9 cm³/mol. The third kappa shape index (κ3) is 1.69. The van der Waals surface area contributed by atoms with Crippen LogP contribution in [0.5, 0.6) is 0 Å². The van der Waals surface area contributed by atoms with Crippen molar-refractivity contribution in [3.8, 4) is 11.3 Å². The van der Waals surface area contributed by atoms with Crippen molar-refractivity contribution >= 4 is 32.9 Å². The number of fused-ring (bicyclic) bond motifs is 3. The number of rotatable bonds is 1. The van der Waals surface area contributed by atoms with Gasteiger partial charge in [0.15, 0.2) is 0 Å². The van der Waals surface area contributed by atoms with Gasteiger partial charge in [-0.3, -0.25) is 4.40 Å². The summed E-state index contributed by atoms with van der Waals surface area (Å²) in [5.41, 5.74) is 11.6. The van der Waals surface area contributed by atoms with Gasteiger partial charge in [-0.2, -0.15) is 0 Å². The molecule has 3 nitrogen and oxygen atoms in total. The molecule has 3 heterocycles. The molecule has 1 aromatic carbocycles. The Labute approximate surface area is 126 Å². The molecule has 0 saturated heterocycles. The average Bonchev–Trinajstić information content (AvgIpc) is 3.04. The lowest BCUT2D eigenvalue weighted by atomic mass is 10.1. The summed E-state index contributed by atoms with van der Waals surface area (Å²) in [5.74, 6) is 0.713. The minimum absolute atomic E-state index is 0.713. The number of nitrogen functional groups attached to an aromatic ring is 1. The summed E-state index contributed by atoms with van der Waals surface area (Å²) >= 11 is 1.74. The topological polar surface area (TPSA) is 43.3 Å². The second-order valence-corrected chi connectivity index (χ2v) is 6.25. The minimum Gasteiger partial charge on any atom is -0.383 e. The van der Waals surface area contributed by atoms with Crippen LogP contribution in [-0.2, 0) is 0 Å². The molecule has 4 aromatic rings. The van der Waals surface area contributed by atoms with Crippen LogP contribution in [0.3, 0.4) is 0 Å². The molecule has 0 aliphatic rings. The summed E-state index contributed by atoms with van der Waals surface area (Å²) in [4.78, 5) is 4.85. The van der Waals surface area contributed by atoms with E-state index in [1.807, 2.05) is 12.1 Å². The first-order valence-corrected chi connectivity index (χ1v) is 7.75. The second kappa shape index (κ2) is 4.33. The van der Waals surface area contributed by atoms with Crippen molar-refractivity contribution in [2.75, 3.05) is 5.73 Å². The van der Waals surface area contributed by atoms with Crippen molar-refractivity contribution in [3.05, 3.63) is 53.0 Å². The van der Waals surface area contributed by atoms with Gasteiger partial charge in [-0.05, 0) is 36.9 Å². The van der Waals surface area contributed by atoms with Crippen LogP contribution in [0.15, 0.2) is 41.8 Å². The predicted octanol–water partition coefficient (Wildman–Crippen LogP) is 4.42. The van der Waals surface area contributed by atoms with Gasteiger partial charge in [0.2, 0.25) is 0 Å². The van der Waals surface area contributed by atoms with Crippen molar-refractivity contribution in [1.29, 1.82) is 0 Å². The highest BCUT2D eigenvalue weighted by Gasteiger charge is 2.16. The second-order valence-electron chi connectivity index (χ2n) is 5.30. The van der Waals surface area contributed by atoms with E-state index in [0.717, 1.165) is 28.0 Å². The van der Waals surface area contributed by atoms with E-state index in [-0.39, 0.29) is 0 Å². The highest BCUT2D eigenvalue weighted by Crippen LogP contribution is 2.34. The Balaban J connectivity index is 2.15. The molecule has 0 fully saturated rings. The third-order valence-corrected chi connectivity index (χ3v) is 4.81. The number of anilines is 1. The molecular weight excluding hydrogens is 278 g/mol. The number of hydrogen-bond donors (Lipinski definition) is 1. The van der Waals surface area contributed by atoms with E-state index >= 15 is 0 Å². The molecule has 0 spiro atoms. The summed E-state index contributed by atoms with van der Waals surface area (Å²) in [6.07, 6.45) is 0. The van der Waals surface area contributed by atoms with Crippen LogP contribution in [0.2, 0.25) is 0 Å². The number of aromatic nitrogens is 2. The third-order valence-electron chi connectivity index (χ3n) is 3.94. The molecular formula is C17H15N3S. The zero-order chi connectivity index (χ0) is 14.6. The average molecular weight is 293 g/mol. The van der Waals surface area contributed by atoms with E-state index in [1.165, 1.54) is 10.3 Å². The molecule has 4 heteroatoms. The van der Waals surface area contributed by atoms with Crippen LogP contribution < -0.4 is 5.73 Å². The standard InChI is InChI=1S/C17H15N3S/c1-10-5-3-4-6-12(10)15-16(18)20-11(2)9-14-13(7-8-21-14)17(20)19-15/h3-9H,18H2,1-2H3. The lowest BCUT2D eigenvalue weighted by molar-refractivity contribution is 1.12. The van der Waals surface area contributed by atoms with Crippen molar-refractivity contribution in [2.24, 2.45) is 0 Å². The molecule has 0 unspecified atom stereocenters. The number of pyridine rings is 1.